The molecule has 3 aromatic rings. The Bertz CT molecular complexity index is 817. The van der Waals surface area contributed by atoms with Crippen molar-refractivity contribution in [1.29, 1.82) is 0 Å². The van der Waals surface area contributed by atoms with E-state index >= 15 is 0 Å². The highest BCUT2D eigenvalue weighted by molar-refractivity contribution is 7.13. The van der Waals surface area contributed by atoms with E-state index in [-0.39, 0.29) is 5.56 Å². The molecule has 0 aliphatic rings. The molecule has 5 heteroatoms. The molecule has 3 rings (SSSR count). The van der Waals surface area contributed by atoms with E-state index in [1.807, 2.05) is 35.7 Å². The highest BCUT2D eigenvalue weighted by atomic mass is 35.5. The third kappa shape index (κ3) is 3.03. The molecule has 2 nitrogen and oxygen atoms in total. The number of nitrogens with one attached hydrogen (secondary N) is 1. The Morgan fingerprint density at radius 1 is 1.09 bits per heavy atom. The third-order valence-corrected chi connectivity index (χ3v) is 4.27. The van der Waals surface area contributed by atoms with Gasteiger partial charge in [-0.15, -0.1) is 11.3 Å². The topological polar surface area (TPSA) is 29.1 Å². The van der Waals surface area contributed by atoms with Gasteiger partial charge in [0.25, 0.3) is 5.91 Å². The van der Waals surface area contributed by atoms with Gasteiger partial charge in [0.1, 0.15) is 5.82 Å². The van der Waals surface area contributed by atoms with E-state index in [1.165, 1.54) is 18.2 Å². The van der Waals surface area contributed by atoms with Gasteiger partial charge in [0.05, 0.1) is 5.56 Å². The Morgan fingerprint density at radius 2 is 1.91 bits per heavy atom. The molecule has 0 bridgehead atoms. The molecule has 1 N–H and O–H groups in total. The van der Waals surface area contributed by atoms with Gasteiger partial charge >= 0.3 is 0 Å². The van der Waals surface area contributed by atoms with Crippen molar-refractivity contribution in [1.82, 2.24) is 0 Å². The zero-order valence-electron chi connectivity index (χ0n) is 11.3. The summed E-state index contributed by atoms with van der Waals surface area (Å²) in [7, 11) is 0. The zero-order valence-corrected chi connectivity index (χ0v) is 12.9. The number of halogens is 2. The third-order valence-electron chi connectivity index (χ3n) is 3.13. The van der Waals surface area contributed by atoms with Gasteiger partial charge in [-0.3, -0.25) is 4.79 Å². The minimum Gasteiger partial charge on any atom is -0.321 e. The smallest absolute Gasteiger partial charge is 0.258 e. The van der Waals surface area contributed by atoms with Crippen LogP contribution >= 0.6 is 22.9 Å². The minimum atomic E-state index is -0.601. The van der Waals surface area contributed by atoms with Crippen LogP contribution in [0, 0.1) is 5.82 Å². The lowest BCUT2D eigenvalue weighted by molar-refractivity contribution is 0.102. The van der Waals surface area contributed by atoms with Crippen LogP contribution in [0.25, 0.3) is 10.4 Å². The summed E-state index contributed by atoms with van der Waals surface area (Å²) >= 11 is 7.40. The summed E-state index contributed by atoms with van der Waals surface area (Å²) in [4.78, 5) is 13.3. The minimum absolute atomic E-state index is 0.0755. The molecule has 0 spiro atoms. The van der Waals surface area contributed by atoms with E-state index in [0.29, 0.717) is 10.7 Å². The first-order valence-electron chi connectivity index (χ1n) is 6.54. The first-order chi connectivity index (χ1) is 10.6. The molecule has 0 aliphatic heterocycles. The van der Waals surface area contributed by atoms with Crippen LogP contribution in [0.4, 0.5) is 10.1 Å². The SMILES string of the molecule is O=C(Nc1ccccc1-c1cccs1)c1cc(Cl)ccc1F. The number of benzene rings is 2. The summed E-state index contributed by atoms with van der Waals surface area (Å²) in [5.41, 5.74) is 1.45. The lowest BCUT2D eigenvalue weighted by Gasteiger charge is -2.10. The van der Waals surface area contributed by atoms with Crippen molar-refractivity contribution in [3.8, 4) is 10.4 Å². The van der Waals surface area contributed by atoms with E-state index in [9.17, 15) is 9.18 Å². The molecular weight excluding hydrogens is 321 g/mol. The van der Waals surface area contributed by atoms with Crippen LogP contribution in [-0.4, -0.2) is 5.91 Å². The number of anilines is 1. The van der Waals surface area contributed by atoms with Crippen LogP contribution in [0.5, 0.6) is 0 Å². The number of hydrogen-bond donors (Lipinski definition) is 1. The van der Waals surface area contributed by atoms with E-state index < -0.39 is 11.7 Å². The summed E-state index contributed by atoms with van der Waals surface area (Å²) < 4.78 is 13.8. The van der Waals surface area contributed by atoms with E-state index in [2.05, 4.69) is 5.32 Å². The fourth-order valence-electron chi connectivity index (χ4n) is 2.10. The summed E-state index contributed by atoms with van der Waals surface area (Å²) in [5, 5.41) is 5.03. The van der Waals surface area contributed by atoms with Crippen molar-refractivity contribution < 1.29 is 9.18 Å². The number of para-hydroxylation sites is 1. The van der Waals surface area contributed by atoms with Crippen LogP contribution in [0.2, 0.25) is 5.02 Å². The fourth-order valence-corrected chi connectivity index (χ4v) is 3.04. The number of rotatable bonds is 3. The quantitative estimate of drug-likeness (QED) is 0.678. The molecule has 22 heavy (non-hydrogen) atoms. The maximum atomic E-state index is 13.8. The van der Waals surface area contributed by atoms with E-state index in [1.54, 1.807) is 17.4 Å². The Kier molecular flexibility index (Phi) is 4.22. The average Bonchev–Trinajstić information content (AvgIpc) is 3.04. The summed E-state index contributed by atoms with van der Waals surface area (Å²) in [6.45, 7) is 0. The molecule has 2 aromatic carbocycles. The number of hydrogen-bond acceptors (Lipinski definition) is 2. The van der Waals surface area contributed by atoms with E-state index in [4.69, 9.17) is 11.6 Å². The number of amides is 1. The molecule has 0 fully saturated rings. The first-order valence-corrected chi connectivity index (χ1v) is 7.80. The van der Waals surface area contributed by atoms with Gasteiger partial charge in [-0.25, -0.2) is 4.39 Å². The van der Waals surface area contributed by atoms with Crippen LogP contribution < -0.4 is 5.32 Å². The Hall–Kier alpha value is -2.17. The predicted octanol–water partition coefficient (Wildman–Crippen LogP) is 5.46. The normalized spacial score (nSPS) is 10.5. The Morgan fingerprint density at radius 3 is 2.68 bits per heavy atom. The Labute approximate surface area is 136 Å². The van der Waals surface area contributed by atoms with E-state index in [0.717, 1.165) is 10.4 Å². The second kappa shape index (κ2) is 6.30. The number of carbonyl (C=O) groups excluding carboxylic acids is 1. The van der Waals surface area contributed by atoms with Crippen molar-refractivity contribution in [3.63, 3.8) is 0 Å². The van der Waals surface area contributed by atoms with Crippen LogP contribution in [0.15, 0.2) is 60.0 Å². The molecule has 0 unspecified atom stereocenters. The van der Waals surface area contributed by atoms with Crippen LogP contribution in [0.1, 0.15) is 10.4 Å². The lowest BCUT2D eigenvalue weighted by atomic mass is 10.1. The molecular formula is C17H11ClFNOS. The molecule has 0 saturated carbocycles. The molecule has 0 radical (unpaired) electrons. The predicted molar refractivity (Wildman–Crippen MR) is 89.1 cm³/mol. The Balaban J connectivity index is 1.94. The van der Waals surface area contributed by atoms with Gasteiger partial charge in [0, 0.05) is 21.2 Å². The summed E-state index contributed by atoms with van der Waals surface area (Å²) in [6, 6.07) is 15.2. The van der Waals surface area contributed by atoms with Crippen LogP contribution in [0.3, 0.4) is 0 Å². The molecule has 1 amide bonds. The maximum Gasteiger partial charge on any atom is 0.258 e. The van der Waals surface area contributed by atoms with Crippen molar-refractivity contribution >= 4 is 34.5 Å². The van der Waals surface area contributed by atoms with Gasteiger partial charge in [-0.1, -0.05) is 35.9 Å². The number of carbonyl (C=O) groups is 1. The molecule has 1 aromatic heterocycles. The monoisotopic (exact) mass is 331 g/mol. The highest BCUT2D eigenvalue weighted by Crippen LogP contribution is 2.31. The largest absolute Gasteiger partial charge is 0.321 e. The second-order valence-electron chi connectivity index (χ2n) is 4.60. The van der Waals surface area contributed by atoms with Crippen molar-refractivity contribution in [2.45, 2.75) is 0 Å². The standard InChI is InChI=1S/C17H11ClFNOS/c18-11-7-8-14(19)13(10-11)17(21)20-15-5-2-1-4-12(15)16-6-3-9-22-16/h1-10H,(H,20,21). The first kappa shape index (κ1) is 14.8. The maximum absolute atomic E-state index is 13.8. The summed E-state index contributed by atoms with van der Waals surface area (Å²) in [6.07, 6.45) is 0. The molecule has 110 valence electrons. The number of thiophene rings is 1. The molecule has 1 heterocycles. The van der Waals surface area contributed by atoms with Gasteiger partial charge in [-0.2, -0.15) is 0 Å². The van der Waals surface area contributed by atoms with Gasteiger partial charge in [-0.05, 0) is 35.7 Å². The molecule has 0 saturated heterocycles. The lowest BCUT2D eigenvalue weighted by Crippen LogP contribution is -2.14. The fraction of sp³-hybridized carbons (Fsp3) is 0. The van der Waals surface area contributed by atoms with Crippen molar-refractivity contribution in [2.24, 2.45) is 0 Å². The van der Waals surface area contributed by atoms with Gasteiger partial charge in [0.15, 0.2) is 0 Å². The zero-order chi connectivity index (χ0) is 15.5. The molecule has 0 aliphatic carbocycles. The van der Waals surface area contributed by atoms with Crippen molar-refractivity contribution in [2.75, 3.05) is 5.32 Å². The highest BCUT2D eigenvalue weighted by Gasteiger charge is 2.14. The van der Waals surface area contributed by atoms with Gasteiger partial charge in [0.2, 0.25) is 0 Å². The van der Waals surface area contributed by atoms with Gasteiger partial charge < -0.3 is 5.32 Å². The van der Waals surface area contributed by atoms with Crippen LogP contribution in [-0.2, 0) is 0 Å². The summed E-state index contributed by atoms with van der Waals surface area (Å²) in [5.74, 6) is -1.13. The second-order valence-corrected chi connectivity index (χ2v) is 5.99. The molecule has 0 atom stereocenters. The van der Waals surface area contributed by atoms with Crippen molar-refractivity contribution in [3.05, 3.63) is 76.4 Å². The average molecular weight is 332 g/mol.